The summed E-state index contributed by atoms with van der Waals surface area (Å²) in [6, 6.07) is 43.1. The molecule has 71 heavy (non-hydrogen) atoms. The Hall–Kier alpha value is -4.46. The Morgan fingerprint density at radius 1 is 0.718 bits per heavy atom. The zero-order chi connectivity index (χ0) is 49.7. The standard InChI is InChI=1S/C53H56Cl3NO13S/c1-33-19-25-40(26-20-33)71-51-43(57-52(59)65-32-53(54,55)56)46(66-34(2)58)44(41(68-51)30-61-27-35-13-7-4-8-14-35)70-50-48(63-28-36-15-9-5-10-16-36)47(62-29-37-21-23-39(60-3)24-22-37)45-42(67-50)31-64-49(69-45)38-17-11-6-12-18-38/h4-26,41-51H,27-32H2,1-3H3,(H,57,59)/t41-,42-,43-,44-,45-,46-,47+,48+,49?,50?,51+/m1/s1. The van der Waals surface area contributed by atoms with Crippen molar-refractivity contribution in [1.29, 1.82) is 0 Å². The maximum absolute atomic E-state index is 13.7. The van der Waals surface area contributed by atoms with Crippen LogP contribution < -0.4 is 10.1 Å². The molecule has 0 saturated carbocycles. The van der Waals surface area contributed by atoms with Gasteiger partial charge in [0, 0.05) is 17.4 Å². The summed E-state index contributed by atoms with van der Waals surface area (Å²) in [6.07, 6.45) is -9.76. The summed E-state index contributed by atoms with van der Waals surface area (Å²) in [5, 5.41) is 2.85. The fourth-order valence-electron chi connectivity index (χ4n) is 8.37. The van der Waals surface area contributed by atoms with Crippen molar-refractivity contribution in [3.05, 3.63) is 167 Å². The average molecular weight is 1050 g/mol. The molecule has 2 unspecified atom stereocenters. The van der Waals surface area contributed by atoms with Gasteiger partial charge in [0.25, 0.3) is 0 Å². The van der Waals surface area contributed by atoms with Gasteiger partial charge in [-0.15, -0.1) is 0 Å². The number of methoxy groups -OCH3 is 1. The van der Waals surface area contributed by atoms with Crippen LogP contribution in [-0.2, 0) is 72.0 Å². The Balaban J connectivity index is 1.18. The van der Waals surface area contributed by atoms with Crippen LogP contribution in [0, 0.1) is 6.92 Å². The zero-order valence-electron chi connectivity index (χ0n) is 39.2. The fourth-order valence-corrected chi connectivity index (χ4v) is 9.66. The van der Waals surface area contributed by atoms with Gasteiger partial charge in [-0.25, -0.2) is 4.79 Å². The molecule has 3 heterocycles. The number of ether oxygens (including phenoxy) is 11. The minimum atomic E-state index is -1.91. The number of amides is 1. The summed E-state index contributed by atoms with van der Waals surface area (Å²) >= 11 is 19.3. The highest BCUT2D eigenvalue weighted by Gasteiger charge is 2.56. The Morgan fingerprint density at radius 2 is 1.34 bits per heavy atom. The molecule has 0 radical (unpaired) electrons. The number of thioether (sulfide) groups is 1. The molecule has 3 aliphatic rings. The van der Waals surface area contributed by atoms with Crippen molar-refractivity contribution in [2.45, 2.75) is 109 Å². The molecule has 11 atom stereocenters. The first kappa shape index (κ1) is 52.9. The molecule has 0 aliphatic carbocycles. The highest BCUT2D eigenvalue weighted by molar-refractivity contribution is 7.99. The van der Waals surface area contributed by atoms with Crippen LogP contribution in [0.3, 0.4) is 0 Å². The van der Waals surface area contributed by atoms with Crippen molar-refractivity contribution in [3.8, 4) is 5.75 Å². The monoisotopic (exact) mass is 1050 g/mol. The van der Waals surface area contributed by atoms with Crippen LogP contribution in [0.15, 0.2) is 144 Å². The van der Waals surface area contributed by atoms with Gasteiger partial charge in [-0.1, -0.05) is 167 Å². The van der Waals surface area contributed by atoms with Gasteiger partial charge in [-0.3, -0.25) is 4.79 Å². The highest BCUT2D eigenvalue weighted by Crippen LogP contribution is 2.41. The Bertz CT molecular complexity index is 2420. The van der Waals surface area contributed by atoms with Gasteiger partial charge in [-0.2, -0.15) is 0 Å². The number of fused-ring (bicyclic) bond motifs is 1. The molecule has 1 N–H and O–H groups in total. The molecule has 0 aromatic heterocycles. The SMILES string of the molecule is COc1ccc(CO[C@H]2[C@@H]3OC(c4ccccc4)OC[C@H]3OC(O[C@H]3[C@H](OC(C)=O)[C@@H](NC(=O)OCC(Cl)(Cl)Cl)[C@H](Sc4ccc(C)cc4)O[C@@H]3COCc3ccccc3)[C@H]2OCc2ccccc2)cc1. The maximum atomic E-state index is 13.7. The number of carbonyl (C=O) groups is 2. The van der Waals surface area contributed by atoms with Crippen LogP contribution in [0.5, 0.6) is 5.75 Å². The molecule has 14 nitrogen and oxygen atoms in total. The predicted molar refractivity (Wildman–Crippen MR) is 266 cm³/mol. The minimum Gasteiger partial charge on any atom is -0.497 e. The number of hydrogen-bond acceptors (Lipinski definition) is 14. The molecule has 18 heteroatoms. The Morgan fingerprint density at radius 3 is 1.97 bits per heavy atom. The number of carbonyl (C=O) groups excluding carboxylic acids is 2. The quantitative estimate of drug-likeness (QED) is 0.0618. The first-order valence-electron chi connectivity index (χ1n) is 23.1. The van der Waals surface area contributed by atoms with E-state index in [1.165, 1.54) is 18.7 Å². The maximum Gasteiger partial charge on any atom is 0.407 e. The minimum absolute atomic E-state index is 0.0522. The third-order valence-electron chi connectivity index (χ3n) is 11.8. The summed E-state index contributed by atoms with van der Waals surface area (Å²) in [5.74, 6) is 0.0271. The lowest BCUT2D eigenvalue weighted by Crippen LogP contribution is -2.68. The second-order valence-electron chi connectivity index (χ2n) is 17.1. The van der Waals surface area contributed by atoms with Crippen LogP contribution >= 0.6 is 46.6 Å². The van der Waals surface area contributed by atoms with E-state index >= 15 is 0 Å². The van der Waals surface area contributed by atoms with Crippen LogP contribution in [0.2, 0.25) is 0 Å². The molecule has 0 spiro atoms. The summed E-state index contributed by atoms with van der Waals surface area (Å²) in [6.45, 7) is 3.20. The van der Waals surface area contributed by atoms with Crippen molar-refractivity contribution in [1.82, 2.24) is 5.32 Å². The first-order chi connectivity index (χ1) is 34.4. The Kier molecular flexibility index (Phi) is 19.0. The highest BCUT2D eigenvalue weighted by atomic mass is 35.6. The van der Waals surface area contributed by atoms with Crippen LogP contribution in [0.25, 0.3) is 0 Å². The van der Waals surface area contributed by atoms with Gasteiger partial charge in [-0.05, 0) is 47.9 Å². The molecule has 3 aliphatic heterocycles. The average Bonchev–Trinajstić information content (AvgIpc) is 3.37. The lowest BCUT2D eigenvalue weighted by Gasteiger charge is -2.51. The van der Waals surface area contributed by atoms with Gasteiger partial charge in [0.1, 0.15) is 60.5 Å². The third kappa shape index (κ3) is 15.1. The molecule has 8 rings (SSSR count). The van der Waals surface area contributed by atoms with E-state index in [4.69, 9.17) is 86.9 Å². The molecule has 5 aromatic carbocycles. The molecule has 5 aromatic rings. The number of hydrogen-bond donors (Lipinski definition) is 1. The molecule has 3 saturated heterocycles. The molecule has 1 amide bonds. The largest absolute Gasteiger partial charge is 0.497 e. The summed E-state index contributed by atoms with van der Waals surface area (Å²) in [4.78, 5) is 27.8. The van der Waals surface area contributed by atoms with Crippen LogP contribution in [0.1, 0.15) is 41.0 Å². The van der Waals surface area contributed by atoms with Crippen molar-refractivity contribution in [3.63, 3.8) is 0 Å². The smallest absolute Gasteiger partial charge is 0.407 e. The van der Waals surface area contributed by atoms with E-state index < -0.39 is 89.2 Å². The van der Waals surface area contributed by atoms with E-state index in [2.05, 4.69) is 5.32 Å². The number of benzene rings is 5. The summed E-state index contributed by atoms with van der Waals surface area (Å²) in [7, 11) is 1.61. The van der Waals surface area contributed by atoms with Crippen molar-refractivity contribution >= 4 is 58.6 Å². The lowest BCUT2D eigenvalue weighted by molar-refractivity contribution is -0.385. The molecular formula is C53H56Cl3NO13S. The second-order valence-corrected chi connectivity index (χ2v) is 20.8. The first-order valence-corrected chi connectivity index (χ1v) is 25.1. The molecule has 0 bridgehead atoms. The Labute approximate surface area is 432 Å². The number of alkyl carbamates (subject to hydrolysis) is 1. The normalized spacial score (nSPS) is 26.4. The lowest BCUT2D eigenvalue weighted by atomic mass is 9.95. The van der Waals surface area contributed by atoms with Gasteiger partial charge in [0.15, 0.2) is 18.7 Å². The van der Waals surface area contributed by atoms with E-state index in [-0.39, 0.29) is 33.0 Å². The van der Waals surface area contributed by atoms with Crippen molar-refractivity contribution in [2.24, 2.45) is 0 Å². The van der Waals surface area contributed by atoms with Crippen molar-refractivity contribution < 1.29 is 61.7 Å². The van der Waals surface area contributed by atoms with Gasteiger partial charge < -0.3 is 57.4 Å². The number of nitrogens with one attached hydrogen (secondary N) is 1. The summed E-state index contributed by atoms with van der Waals surface area (Å²) < 4.78 is 69.4. The number of halogens is 3. The number of rotatable bonds is 19. The van der Waals surface area contributed by atoms with E-state index in [9.17, 15) is 9.59 Å². The van der Waals surface area contributed by atoms with Gasteiger partial charge in [0.2, 0.25) is 3.79 Å². The van der Waals surface area contributed by atoms with Gasteiger partial charge in [0.05, 0.1) is 40.1 Å². The molecular weight excluding hydrogens is 997 g/mol. The molecule has 3 fully saturated rings. The van der Waals surface area contributed by atoms with Crippen LogP contribution in [-0.4, -0.2) is 103 Å². The number of alkyl halides is 3. The third-order valence-corrected chi connectivity index (χ3v) is 13.3. The van der Waals surface area contributed by atoms with E-state index in [1.54, 1.807) is 7.11 Å². The second kappa shape index (κ2) is 25.5. The molecule has 378 valence electrons. The van der Waals surface area contributed by atoms with E-state index in [0.717, 1.165) is 32.7 Å². The predicted octanol–water partition coefficient (Wildman–Crippen LogP) is 9.83. The number of aryl methyl sites for hydroxylation is 1. The van der Waals surface area contributed by atoms with E-state index in [1.807, 2.05) is 146 Å². The van der Waals surface area contributed by atoms with Crippen molar-refractivity contribution in [2.75, 3.05) is 26.9 Å². The number of esters is 1. The van der Waals surface area contributed by atoms with E-state index in [0.29, 0.717) is 5.75 Å². The fraction of sp³-hybridized carbons (Fsp3) is 0.396. The van der Waals surface area contributed by atoms with Crippen LogP contribution in [0.4, 0.5) is 4.79 Å². The summed E-state index contributed by atoms with van der Waals surface area (Å²) in [5.41, 5.74) is 3.57. The zero-order valence-corrected chi connectivity index (χ0v) is 42.3. The van der Waals surface area contributed by atoms with Gasteiger partial charge >= 0.3 is 12.1 Å². The topological polar surface area (TPSA) is 148 Å².